The third-order valence-corrected chi connectivity index (χ3v) is 7.22. The van der Waals surface area contributed by atoms with Crippen molar-refractivity contribution < 1.29 is 34.6 Å². The standard InChI is InChI=1S/C24H35N3O6/c1-23(2,16-8-12-25-13-9-16)32-21(28)18-6-5-7-19(27(30)31)20(18)22(29)33-24(3,4)17-10-14-26-15-11-17/h5-7,16-17,25-26H,8-15H2,1-4H3/p+2. The fraction of sp³-hybridized carbons (Fsp3) is 0.667. The third kappa shape index (κ3) is 5.89. The van der Waals surface area contributed by atoms with Gasteiger partial charge in [-0.1, -0.05) is 6.07 Å². The Labute approximate surface area is 194 Å². The van der Waals surface area contributed by atoms with Crippen molar-refractivity contribution in [2.24, 2.45) is 11.8 Å². The molecule has 0 amide bonds. The van der Waals surface area contributed by atoms with Crippen molar-refractivity contribution in [3.8, 4) is 0 Å². The topological polar surface area (TPSA) is 129 Å². The van der Waals surface area contributed by atoms with E-state index in [0.29, 0.717) is 0 Å². The molecule has 0 radical (unpaired) electrons. The maximum absolute atomic E-state index is 13.3. The van der Waals surface area contributed by atoms with Crippen LogP contribution in [0.5, 0.6) is 0 Å². The van der Waals surface area contributed by atoms with Gasteiger partial charge in [-0.3, -0.25) is 10.1 Å². The number of nitrogens with two attached hydrogens (primary N) is 2. The number of benzene rings is 1. The summed E-state index contributed by atoms with van der Waals surface area (Å²) in [5.41, 5.74) is -2.48. The molecule has 0 unspecified atom stereocenters. The largest absolute Gasteiger partial charge is 0.456 e. The Morgan fingerprint density at radius 1 is 0.879 bits per heavy atom. The first-order chi connectivity index (χ1) is 15.5. The van der Waals surface area contributed by atoms with Crippen LogP contribution in [-0.4, -0.2) is 54.2 Å². The molecule has 0 aliphatic carbocycles. The van der Waals surface area contributed by atoms with Crippen molar-refractivity contribution in [3.63, 3.8) is 0 Å². The number of carbonyl (C=O) groups excluding carboxylic acids is 2. The zero-order valence-corrected chi connectivity index (χ0v) is 20.1. The van der Waals surface area contributed by atoms with E-state index in [1.165, 1.54) is 18.2 Å². The minimum atomic E-state index is -0.862. The van der Waals surface area contributed by atoms with Gasteiger partial charge in [0.25, 0.3) is 5.69 Å². The average molecular weight is 464 g/mol. The van der Waals surface area contributed by atoms with E-state index in [2.05, 4.69) is 10.6 Å². The quantitative estimate of drug-likeness (QED) is 0.357. The maximum atomic E-state index is 13.3. The Morgan fingerprint density at radius 3 is 1.79 bits per heavy atom. The van der Waals surface area contributed by atoms with E-state index in [1.54, 1.807) is 0 Å². The van der Waals surface area contributed by atoms with Crippen molar-refractivity contribution in [3.05, 3.63) is 39.4 Å². The number of piperidine rings is 2. The Bertz CT molecular complexity index is 886. The molecule has 2 heterocycles. The molecule has 4 N–H and O–H groups in total. The first-order valence-corrected chi connectivity index (χ1v) is 11.9. The first-order valence-electron chi connectivity index (χ1n) is 11.9. The highest BCUT2D eigenvalue weighted by Gasteiger charge is 2.40. The van der Waals surface area contributed by atoms with Gasteiger partial charge in [0.15, 0.2) is 5.56 Å². The molecule has 182 valence electrons. The van der Waals surface area contributed by atoms with Crippen molar-refractivity contribution >= 4 is 17.6 Å². The predicted octanol–water partition coefficient (Wildman–Crippen LogP) is 1.41. The van der Waals surface area contributed by atoms with E-state index < -0.39 is 33.8 Å². The van der Waals surface area contributed by atoms with Crippen LogP contribution in [0, 0.1) is 22.0 Å². The minimum Gasteiger partial charge on any atom is -0.456 e. The van der Waals surface area contributed by atoms with Crippen molar-refractivity contribution in [2.75, 3.05) is 26.2 Å². The molecule has 0 saturated carbocycles. The van der Waals surface area contributed by atoms with E-state index >= 15 is 0 Å². The SMILES string of the molecule is CC(C)(OC(=O)c1cccc([N+](=O)[O-])c1C(=O)OC(C)(C)C1CC[NH2+]CC1)C1CC[NH2+]CC1. The number of nitrogens with zero attached hydrogens (tertiary/aromatic N) is 1. The summed E-state index contributed by atoms with van der Waals surface area (Å²) in [4.78, 5) is 37.6. The molecule has 2 aliphatic rings. The van der Waals surface area contributed by atoms with Gasteiger partial charge in [-0.05, 0) is 33.8 Å². The lowest BCUT2D eigenvalue weighted by Crippen LogP contribution is -2.86. The van der Waals surface area contributed by atoms with Gasteiger partial charge in [0, 0.05) is 43.6 Å². The summed E-state index contributed by atoms with van der Waals surface area (Å²) in [5, 5.41) is 16.2. The number of rotatable bonds is 7. The first kappa shape index (κ1) is 25.1. The van der Waals surface area contributed by atoms with Crippen molar-refractivity contribution in [1.82, 2.24) is 0 Å². The number of nitro groups is 1. The second-order valence-electron chi connectivity index (χ2n) is 10.2. The van der Waals surface area contributed by atoms with Crippen LogP contribution in [0.15, 0.2) is 18.2 Å². The number of esters is 2. The normalized spacial score (nSPS) is 18.5. The van der Waals surface area contributed by atoms with Gasteiger partial charge < -0.3 is 20.1 Å². The number of nitro benzene ring substituents is 1. The summed E-state index contributed by atoms with van der Waals surface area (Å²) in [6.45, 7) is 11.2. The highest BCUT2D eigenvalue weighted by molar-refractivity contribution is 6.06. The van der Waals surface area contributed by atoms with Crippen LogP contribution in [0.25, 0.3) is 0 Å². The maximum Gasteiger partial charge on any atom is 0.346 e. The van der Waals surface area contributed by atoms with E-state index in [0.717, 1.165) is 51.9 Å². The van der Waals surface area contributed by atoms with Crippen LogP contribution in [-0.2, 0) is 9.47 Å². The zero-order chi connectivity index (χ0) is 24.2. The fourth-order valence-electron chi connectivity index (χ4n) is 5.07. The van der Waals surface area contributed by atoms with Crippen LogP contribution < -0.4 is 10.6 Å². The number of hydrogen-bond donors (Lipinski definition) is 2. The Hall–Kier alpha value is -2.52. The summed E-state index contributed by atoms with van der Waals surface area (Å²) in [6, 6.07) is 4.02. The summed E-state index contributed by atoms with van der Waals surface area (Å²) in [7, 11) is 0. The number of carbonyl (C=O) groups is 2. The highest BCUT2D eigenvalue weighted by atomic mass is 16.6. The number of ether oxygens (including phenoxy) is 2. The Kier molecular flexibility index (Phi) is 7.74. The van der Waals surface area contributed by atoms with Gasteiger partial charge in [0.1, 0.15) is 11.2 Å². The smallest absolute Gasteiger partial charge is 0.346 e. The fourth-order valence-corrected chi connectivity index (χ4v) is 5.07. The molecular formula is C24H37N3O6+2. The van der Waals surface area contributed by atoms with E-state index in [9.17, 15) is 19.7 Å². The summed E-state index contributed by atoms with van der Waals surface area (Å²) in [6.07, 6.45) is 3.60. The molecule has 33 heavy (non-hydrogen) atoms. The van der Waals surface area contributed by atoms with E-state index in [1.807, 2.05) is 27.7 Å². The van der Waals surface area contributed by atoms with Crippen molar-refractivity contribution in [1.29, 1.82) is 0 Å². The molecule has 0 spiro atoms. The second kappa shape index (κ2) is 10.2. The third-order valence-electron chi connectivity index (χ3n) is 7.22. The molecule has 3 rings (SSSR count). The lowest BCUT2D eigenvalue weighted by atomic mass is 9.83. The van der Waals surface area contributed by atoms with Gasteiger partial charge in [-0.25, -0.2) is 9.59 Å². The molecule has 9 heteroatoms. The molecule has 2 fully saturated rings. The van der Waals surface area contributed by atoms with Gasteiger partial charge in [-0.2, -0.15) is 0 Å². The highest BCUT2D eigenvalue weighted by Crippen LogP contribution is 2.33. The predicted molar refractivity (Wildman–Crippen MR) is 121 cm³/mol. The molecule has 0 atom stereocenters. The number of hydrogen-bond acceptors (Lipinski definition) is 6. The molecule has 0 aromatic heterocycles. The Morgan fingerprint density at radius 2 is 1.33 bits per heavy atom. The molecular weight excluding hydrogens is 426 g/mol. The van der Waals surface area contributed by atoms with Crippen LogP contribution in [0.1, 0.15) is 74.1 Å². The Balaban J connectivity index is 1.88. The van der Waals surface area contributed by atoms with Gasteiger partial charge in [0.05, 0.1) is 36.7 Å². The lowest BCUT2D eigenvalue weighted by molar-refractivity contribution is -0.666. The lowest BCUT2D eigenvalue weighted by Gasteiger charge is -2.36. The van der Waals surface area contributed by atoms with Crippen molar-refractivity contribution in [2.45, 2.75) is 64.6 Å². The zero-order valence-electron chi connectivity index (χ0n) is 20.1. The molecule has 1 aromatic carbocycles. The molecule has 9 nitrogen and oxygen atoms in total. The summed E-state index contributed by atoms with van der Waals surface area (Å²) in [5.74, 6) is -1.27. The van der Waals surface area contributed by atoms with E-state index in [-0.39, 0.29) is 23.0 Å². The molecule has 2 saturated heterocycles. The van der Waals surface area contributed by atoms with Crippen LogP contribution in [0.4, 0.5) is 5.69 Å². The molecule has 1 aromatic rings. The minimum absolute atomic E-state index is 0.127. The van der Waals surface area contributed by atoms with E-state index in [4.69, 9.17) is 9.47 Å². The average Bonchev–Trinajstić information content (AvgIpc) is 2.79. The van der Waals surface area contributed by atoms with Crippen LogP contribution in [0.3, 0.4) is 0 Å². The summed E-state index contributed by atoms with van der Waals surface area (Å²) >= 11 is 0. The van der Waals surface area contributed by atoms with Crippen LogP contribution in [0.2, 0.25) is 0 Å². The van der Waals surface area contributed by atoms with Crippen LogP contribution >= 0.6 is 0 Å². The number of quaternary nitrogens is 2. The monoisotopic (exact) mass is 463 g/mol. The molecule has 2 aliphatic heterocycles. The van der Waals surface area contributed by atoms with Gasteiger partial charge in [0.2, 0.25) is 0 Å². The summed E-state index contributed by atoms with van der Waals surface area (Å²) < 4.78 is 11.7. The second-order valence-corrected chi connectivity index (χ2v) is 10.2. The van der Waals surface area contributed by atoms with Gasteiger partial charge in [-0.15, -0.1) is 0 Å². The van der Waals surface area contributed by atoms with Gasteiger partial charge >= 0.3 is 11.9 Å². The molecule has 0 bridgehead atoms.